The van der Waals surface area contributed by atoms with Crippen LogP contribution in [0.1, 0.15) is 27.2 Å². The van der Waals surface area contributed by atoms with Crippen molar-refractivity contribution in [2.45, 2.75) is 27.2 Å². The zero-order valence-corrected chi connectivity index (χ0v) is 11.8. The van der Waals surface area contributed by atoms with Crippen molar-refractivity contribution in [3.63, 3.8) is 0 Å². The fraction of sp³-hybridized carbons (Fsp3) is 0.333. The summed E-state index contributed by atoms with van der Waals surface area (Å²) in [7, 11) is 0. The van der Waals surface area contributed by atoms with Crippen molar-refractivity contribution in [3.05, 3.63) is 34.7 Å². The number of hydrogen-bond donors (Lipinski definition) is 0. The Kier molecular flexibility index (Phi) is 6.29. The highest BCUT2D eigenvalue weighted by atomic mass is 16.5. The Labute approximate surface area is 117 Å². The second-order valence-electron chi connectivity index (χ2n) is 3.94. The molecule has 108 valence electrons. The first-order valence-electron chi connectivity index (χ1n) is 6.47. The molecule has 1 aromatic carbocycles. The molecular weight excluding hydrogens is 260 g/mol. The Hall–Kier alpha value is -2.30. The summed E-state index contributed by atoms with van der Waals surface area (Å²) >= 11 is 0. The first kappa shape index (κ1) is 15.8. The predicted octanol–water partition coefficient (Wildman–Crippen LogP) is 3.14. The molecule has 1 aromatic heterocycles. The second kappa shape index (κ2) is 7.99. The summed E-state index contributed by atoms with van der Waals surface area (Å²) in [5.41, 5.74) is -0.226. The van der Waals surface area contributed by atoms with Crippen LogP contribution in [0.2, 0.25) is 0 Å². The number of ether oxygens (including phenoxy) is 2. The highest BCUT2D eigenvalue weighted by Crippen LogP contribution is 2.27. The second-order valence-corrected chi connectivity index (χ2v) is 3.94. The van der Waals surface area contributed by atoms with Gasteiger partial charge in [0.25, 0.3) is 6.47 Å². The molecule has 1 heterocycles. The molecule has 0 saturated carbocycles. The molecule has 0 aliphatic heterocycles. The van der Waals surface area contributed by atoms with Crippen molar-refractivity contribution in [2.75, 3.05) is 6.61 Å². The Balaban J connectivity index is 0.000000612. The predicted molar refractivity (Wildman–Crippen MR) is 76.3 cm³/mol. The Morgan fingerprint density at radius 1 is 1.20 bits per heavy atom. The molecule has 0 unspecified atom stereocenters. The minimum atomic E-state index is -0.571. The van der Waals surface area contributed by atoms with Crippen LogP contribution < -0.4 is 15.1 Å². The first-order valence-corrected chi connectivity index (χ1v) is 6.47. The Morgan fingerprint density at radius 3 is 2.50 bits per heavy atom. The maximum absolute atomic E-state index is 11.2. The van der Waals surface area contributed by atoms with Crippen molar-refractivity contribution in [1.29, 1.82) is 0 Å². The van der Waals surface area contributed by atoms with E-state index in [4.69, 9.17) is 13.9 Å². The van der Waals surface area contributed by atoms with Crippen molar-refractivity contribution in [2.24, 2.45) is 0 Å². The van der Waals surface area contributed by atoms with Gasteiger partial charge < -0.3 is 13.9 Å². The third-order valence-corrected chi connectivity index (χ3v) is 2.16. The molecule has 0 fully saturated rings. The summed E-state index contributed by atoms with van der Waals surface area (Å²) < 4.78 is 15.0. The normalized spacial score (nSPS) is 9.55. The summed E-state index contributed by atoms with van der Waals surface area (Å²) in [5.74, 6) is 0.775. The lowest BCUT2D eigenvalue weighted by Crippen LogP contribution is -2.00. The van der Waals surface area contributed by atoms with Gasteiger partial charge in [-0.05, 0) is 25.1 Å². The van der Waals surface area contributed by atoms with Crippen molar-refractivity contribution in [1.82, 2.24) is 0 Å². The molecule has 2 aromatic rings. The molecular formula is C15H18O5. The molecule has 0 aliphatic carbocycles. The smallest absolute Gasteiger partial charge is 0.339 e. The van der Waals surface area contributed by atoms with Crippen LogP contribution in [0.25, 0.3) is 11.0 Å². The molecule has 0 saturated heterocycles. The molecule has 0 atom stereocenters. The lowest BCUT2D eigenvalue weighted by atomic mass is 10.2. The minimum absolute atomic E-state index is 0.160. The van der Waals surface area contributed by atoms with E-state index in [0.717, 1.165) is 6.07 Å². The zero-order chi connectivity index (χ0) is 15.0. The van der Waals surface area contributed by atoms with Crippen LogP contribution in [0.3, 0.4) is 0 Å². The van der Waals surface area contributed by atoms with Gasteiger partial charge in [0.05, 0.1) is 18.1 Å². The summed E-state index contributed by atoms with van der Waals surface area (Å²) in [6.45, 7) is 6.89. The average Bonchev–Trinajstić information content (AvgIpc) is 2.41. The molecule has 2 rings (SSSR count). The van der Waals surface area contributed by atoms with Gasteiger partial charge in [-0.3, -0.25) is 4.79 Å². The monoisotopic (exact) mass is 278 g/mol. The quantitative estimate of drug-likeness (QED) is 0.635. The standard InChI is InChI=1S/C12H10O5.C3H8/c1-2-15-8-3-4-10-9(5-8)11(16-7-13)6-12(14)17-10;1-3-2/h3-7H,2H2,1H3;3H2,1-2H3. The summed E-state index contributed by atoms with van der Waals surface area (Å²) in [4.78, 5) is 21.5. The molecule has 0 aliphatic rings. The van der Waals surface area contributed by atoms with Crippen LogP contribution in [0.5, 0.6) is 11.5 Å². The van der Waals surface area contributed by atoms with Crippen LogP contribution >= 0.6 is 0 Å². The topological polar surface area (TPSA) is 65.7 Å². The van der Waals surface area contributed by atoms with Crippen LogP contribution in [0.15, 0.2) is 33.5 Å². The number of carbonyl (C=O) groups is 1. The summed E-state index contributed by atoms with van der Waals surface area (Å²) in [5, 5.41) is 0.516. The molecule has 0 bridgehead atoms. The SMILES string of the molecule is CCC.CCOc1ccc2oc(=O)cc(OC=O)c2c1. The van der Waals surface area contributed by atoms with E-state index in [-0.39, 0.29) is 12.2 Å². The van der Waals surface area contributed by atoms with Crippen molar-refractivity contribution >= 4 is 17.4 Å². The molecule has 0 amide bonds. The van der Waals surface area contributed by atoms with E-state index in [1.54, 1.807) is 18.2 Å². The molecule has 0 radical (unpaired) electrons. The van der Waals surface area contributed by atoms with E-state index in [9.17, 15) is 9.59 Å². The van der Waals surface area contributed by atoms with E-state index in [2.05, 4.69) is 13.8 Å². The van der Waals surface area contributed by atoms with Gasteiger partial charge in [0.1, 0.15) is 17.1 Å². The van der Waals surface area contributed by atoms with E-state index in [0.29, 0.717) is 23.3 Å². The van der Waals surface area contributed by atoms with E-state index >= 15 is 0 Å². The first-order chi connectivity index (χ1) is 9.65. The Morgan fingerprint density at radius 2 is 1.90 bits per heavy atom. The van der Waals surface area contributed by atoms with Gasteiger partial charge in [-0.25, -0.2) is 4.79 Å². The van der Waals surface area contributed by atoms with E-state index < -0.39 is 5.63 Å². The maximum Gasteiger partial charge on any atom is 0.339 e. The van der Waals surface area contributed by atoms with Crippen LogP contribution in [-0.2, 0) is 4.79 Å². The van der Waals surface area contributed by atoms with E-state index in [1.165, 1.54) is 6.42 Å². The van der Waals surface area contributed by atoms with Crippen LogP contribution in [0.4, 0.5) is 0 Å². The van der Waals surface area contributed by atoms with Gasteiger partial charge in [-0.1, -0.05) is 20.3 Å². The van der Waals surface area contributed by atoms with Crippen molar-refractivity contribution < 1.29 is 18.7 Å². The molecule has 20 heavy (non-hydrogen) atoms. The van der Waals surface area contributed by atoms with Gasteiger partial charge in [0.2, 0.25) is 0 Å². The third kappa shape index (κ3) is 4.12. The van der Waals surface area contributed by atoms with Crippen LogP contribution in [0, 0.1) is 0 Å². The number of hydrogen-bond acceptors (Lipinski definition) is 5. The number of fused-ring (bicyclic) bond motifs is 1. The largest absolute Gasteiger partial charge is 0.494 e. The van der Waals surface area contributed by atoms with Gasteiger partial charge >= 0.3 is 5.63 Å². The van der Waals surface area contributed by atoms with E-state index in [1.807, 2.05) is 6.92 Å². The Bertz CT molecular complexity index is 615. The van der Waals surface area contributed by atoms with Gasteiger partial charge in [0.15, 0.2) is 0 Å². The van der Waals surface area contributed by atoms with Crippen LogP contribution in [-0.4, -0.2) is 13.1 Å². The molecule has 5 nitrogen and oxygen atoms in total. The maximum atomic E-state index is 11.2. The number of benzene rings is 1. The lowest BCUT2D eigenvalue weighted by Gasteiger charge is -2.06. The minimum Gasteiger partial charge on any atom is -0.494 e. The average molecular weight is 278 g/mol. The third-order valence-electron chi connectivity index (χ3n) is 2.16. The molecule has 5 heteroatoms. The highest BCUT2D eigenvalue weighted by molar-refractivity contribution is 5.85. The highest BCUT2D eigenvalue weighted by Gasteiger charge is 2.08. The van der Waals surface area contributed by atoms with Crippen molar-refractivity contribution in [3.8, 4) is 11.5 Å². The summed E-state index contributed by atoms with van der Waals surface area (Å²) in [6, 6.07) is 6.05. The zero-order valence-electron chi connectivity index (χ0n) is 11.8. The van der Waals surface area contributed by atoms with Gasteiger partial charge in [0, 0.05) is 0 Å². The fourth-order valence-electron chi connectivity index (χ4n) is 1.52. The van der Waals surface area contributed by atoms with Gasteiger partial charge in [-0.2, -0.15) is 0 Å². The lowest BCUT2D eigenvalue weighted by molar-refractivity contribution is -0.120. The molecule has 0 spiro atoms. The fourth-order valence-corrected chi connectivity index (χ4v) is 1.52. The van der Waals surface area contributed by atoms with Gasteiger partial charge in [-0.15, -0.1) is 0 Å². The molecule has 0 N–H and O–H groups in total. The summed E-state index contributed by atoms with van der Waals surface area (Å²) in [6.07, 6.45) is 1.25. The number of carbonyl (C=O) groups excluding carboxylic acids is 1. The number of rotatable bonds is 4.